The lowest BCUT2D eigenvalue weighted by Gasteiger charge is -2.20. The van der Waals surface area contributed by atoms with E-state index in [4.69, 9.17) is 0 Å². The highest BCUT2D eigenvalue weighted by Crippen LogP contribution is 2.17. The Bertz CT molecular complexity index is 478. The molecule has 0 radical (unpaired) electrons. The van der Waals surface area contributed by atoms with E-state index in [0.717, 1.165) is 37.2 Å². The Morgan fingerprint density at radius 1 is 1.25 bits per heavy atom. The van der Waals surface area contributed by atoms with Crippen LogP contribution in [0.5, 0.6) is 0 Å². The minimum Gasteiger partial charge on any atom is -0.342 e. The Hall–Kier alpha value is -1.20. The lowest BCUT2D eigenvalue weighted by atomic mass is 10.3. The number of carbonyl (C=O) groups excluding carboxylic acids is 2. The van der Waals surface area contributed by atoms with Gasteiger partial charge in [0.15, 0.2) is 5.78 Å². The Kier molecular flexibility index (Phi) is 5.31. The summed E-state index contributed by atoms with van der Waals surface area (Å²) in [5.41, 5.74) is 0. The molecule has 0 aromatic carbocycles. The number of aryl methyl sites for hydroxylation is 1. The molecule has 1 aromatic rings. The molecule has 1 saturated heterocycles. The van der Waals surface area contributed by atoms with Gasteiger partial charge in [-0.15, -0.1) is 11.3 Å². The summed E-state index contributed by atoms with van der Waals surface area (Å²) < 4.78 is 0. The number of rotatable bonds is 6. The number of amides is 1. The van der Waals surface area contributed by atoms with Crippen LogP contribution in [0.25, 0.3) is 0 Å². The summed E-state index contributed by atoms with van der Waals surface area (Å²) in [7, 11) is 1.83. The number of thiophene rings is 1. The van der Waals surface area contributed by atoms with Gasteiger partial charge >= 0.3 is 0 Å². The molecular weight excluding hydrogens is 272 g/mol. The molecule has 1 aliphatic rings. The molecule has 0 spiro atoms. The van der Waals surface area contributed by atoms with E-state index in [1.165, 1.54) is 4.88 Å². The van der Waals surface area contributed by atoms with E-state index in [1.807, 2.05) is 29.0 Å². The van der Waals surface area contributed by atoms with Crippen LogP contribution in [0, 0.1) is 0 Å². The van der Waals surface area contributed by atoms with Crippen LogP contribution < -0.4 is 0 Å². The minimum absolute atomic E-state index is 0.103. The van der Waals surface area contributed by atoms with Crippen molar-refractivity contribution in [2.75, 3.05) is 33.2 Å². The highest BCUT2D eigenvalue weighted by Gasteiger charge is 2.20. The second kappa shape index (κ2) is 6.99. The van der Waals surface area contributed by atoms with Crippen molar-refractivity contribution in [2.45, 2.75) is 26.2 Å². The highest BCUT2D eigenvalue weighted by atomic mass is 32.1. The fourth-order valence-corrected chi connectivity index (χ4v) is 3.27. The van der Waals surface area contributed by atoms with Crippen molar-refractivity contribution in [3.8, 4) is 0 Å². The standard InChI is InChI=1S/C15H22N2O2S/c1-3-12-6-7-14(20-12)13(18)10-16(2)11-15(19)17-8-4-5-9-17/h6-7H,3-5,8-11H2,1-2H3. The highest BCUT2D eigenvalue weighted by molar-refractivity contribution is 7.14. The normalized spacial score (nSPS) is 15.1. The van der Waals surface area contributed by atoms with Gasteiger partial charge in [-0.3, -0.25) is 14.5 Å². The Balaban J connectivity index is 1.82. The molecule has 0 aliphatic carbocycles. The zero-order valence-corrected chi connectivity index (χ0v) is 13.0. The van der Waals surface area contributed by atoms with Gasteiger partial charge in [0.1, 0.15) is 0 Å². The first-order valence-electron chi connectivity index (χ1n) is 7.18. The molecule has 0 N–H and O–H groups in total. The maximum absolute atomic E-state index is 12.1. The summed E-state index contributed by atoms with van der Waals surface area (Å²) in [5.74, 6) is 0.240. The number of Topliss-reactive ketones (excluding diaryl/α,β-unsaturated/α-hetero) is 1. The topological polar surface area (TPSA) is 40.6 Å². The van der Waals surface area contributed by atoms with Crippen LogP contribution in [0.3, 0.4) is 0 Å². The lowest BCUT2D eigenvalue weighted by molar-refractivity contribution is -0.130. The third kappa shape index (κ3) is 3.90. The molecular formula is C15H22N2O2S. The number of hydrogen-bond acceptors (Lipinski definition) is 4. The van der Waals surface area contributed by atoms with Crippen LogP contribution in [0.2, 0.25) is 0 Å². The molecule has 1 aromatic heterocycles. The van der Waals surface area contributed by atoms with Crippen molar-refractivity contribution in [2.24, 2.45) is 0 Å². The number of likely N-dealkylation sites (N-methyl/N-ethyl adjacent to an activating group) is 1. The van der Waals surface area contributed by atoms with E-state index in [2.05, 4.69) is 6.92 Å². The molecule has 1 aliphatic heterocycles. The van der Waals surface area contributed by atoms with Crippen molar-refractivity contribution in [1.29, 1.82) is 0 Å². The van der Waals surface area contributed by atoms with Gasteiger partial charge in [-0.25, -0.2) is 0 Å². The molecule has 110 valence electrons. The molecule has 4 nitrogen and oxygen atoms in total. The van der Waals surface area contributed by atoms with E-state index < -0.39 is 0 Å². The molecule has 0 unspecified atom stereocenters. The third-order valence-electron chi connectivity index (χ3n) is 3.56. The molecule has 0 atom stereocenters. The van der Waals surface area contributed by atoms with Crippen LogP contribution >= 0.6 is 11.3 Å². The van der Waals surface area contributed by atoms with Crippen molar-refractivity contribution in [1.82, 2.24) is 9.80 Å². The minimum atomic E-state index is 0.103. The second-order valence-electron chi connectivity index (χ2n) is 5.30. The summed E-state index contributed by atoms with van der Waals surface area (Å²) in [6, 6.07) is 3.90. The average Bonchev–Trinajstić information content (AvgIpc) is 3.09. The smallest absolute Gasteiger partial charge is 0.236 e. The third-order valence-corrected chi connectivity index (χ3v) is 4.83. The van der Waals surface area contributed by atoms with Crippen molar-refractivity contribution in [3.05, 3.63) is 21.9 Å². The van der Waals surface area contributed by atoms with Gasteiger partial charge in [0, 0.05) is 18.0 Å². The van der Waals surface area contributed by atoms with Crippen molar-refractivity contribution in [3.63, 3.8) is 0 Å². The number of hydrogen-bond donors (Lipinski definition) is 0. The van der Waals surface area contributed by atoms with E-state index in [0.29, 0.717) is 13.1 Å². The van der Waals surface area contributed by atoms with E-state index in [1.54, 1.807) is 11.3 Å². The first-order chi connectivity index (χ1) is 9.60. The molecule has 5 heteroatoms. The summed E-state index contributed by atoms with van der Waals surface area (Å²) >= 11 is 1.56. The monoisotopic (exact) mass is 294 g/mol. The molecule has 2 rings (SSSR count). The summed E-state index contributed by atoms with van der Waals surface area (Å²) in [5, 5.41) is 0. The maximum atomic E-state index is 12.1. The quantitative estimate of drug-likeness (QED) is 0.754. The first-order valence-corrected chi connectivity index (χ1v) is 8.00. The molecule has 1 amide bonds. The van der Waals surface area contributed by atoms with E-state index in [9.17, 15) is 9.59 Å². The number of likely N-dealkylation sites (tertiary alicyclic amines) is 1. The van der Waals surface area contributed by atoms with Crippen LogP contribution in [0.1, 0.15) is 34.3 Å². The van der Waals surface area contributed by atoms with Crippen LogP contribution in [0.15, 0.2) is 12.1 Å². The molecule has 2 heterocycles. The predicted molar refractivity (Wildman–Crippen MR) is 81.3 cm³/mol. The molecule has 1 fully saturated rings. The molecule has 20 heavy (non-hydrogen) atoms. The fourth-order valence-electron chi connectivity index (χ4n) is 2.39. The Morgan fingerprint density at radius 3 is 2.55 bits per heavy atom. The van der Waals surface area contributed by atoms with Crippen molar-refractivity contribution >= 4 is 23.0 Å². The van der Waals surface area contributed by atoms with Crippen LogP contribution in [-0.4, -0.2) is 54.7 Å². The Labute approximate surface area is 124 Å². The molecule has 0 saturated carbocycles. The van der Waals surface area contributed by atoms with E-state index >= 15 is 0 Å². The van der Waals surface area contributed by atoms with Gasteiger partial charge in [0.25, 0.3) is 0 Å². The van der Waals surface area contributed by atoms with E-state index in [-0.39, 0.29) is 11.7 Å². The van der Waals surface area contributed by atoms with Crippen LogP contribution in [0.4, 0.5) is 0 Å². The van der Waals surface area contributed by atoms with Crippen molar-refractivity contribution < 1.29 is 9.59 Å². The number of carbonyl (C=O) groups is 2. The fraction of sp³-hybridized carbons (Fsp3) is 0.600. The number of nitrogens with zero attached hydrogens (tertiary/aromatic N) is 2. The average molecular weight is 294 g/mol. The van der Waals surface area contributed by atoms with Gasteiger partial charge in [-0.05, 0) is 38.4 Å². The van der Waals surface area contributed by atoms with Gasteiger partial charge in [-0.2, -0.15) is 0 Å². The zero-order chi connectivity index (χ0) is 14.5. The largest absolute Gasteiger partial charge is 0.342 e. The Morgan fingerprint density at radius 2 is 1.95 bits per heavy atom. The summed E-state index contributed by atoms with van der Waals surface area (Å²) in [6.45, 7) is 4.46. The second-order valence-corrected chi connectivity index (χ2v) is 6.47. The first kappa shape index (κ1) is 15.2. The van der Waals surface area contributed by atoms with Gasteiger partial charge in [0.2, 0.25) is 5.91 Å². The van der Waals surface area contributed by atoms with Gasteiger partial charge in [0.05, 0.1) is 18.0 Å². The molecule has 0 bridgehead atoms. The number of ketones is 1. The van der Waals surface area contributed by atoms with Crippen LogP contribution in [-0.2, 0) is 11.2 Å². The maximum Gasteiger partial charge on any atom is 0.236 e. The summed E-state index contributed by atoms with van der Waals surface area (Å²) in [6.07, 6.45) is 3.16. The van der Waals surface area contributed by atoms with Gasteiger partial charge < -0.3 is 4.90 Å². The lowest BCUT2D eigenvalue weighted by Crippen LogP contribution is -2.39. The summed E-state index contributed by atoms with van der Waals surface area (Å²) in [4.78, 5) is 29.9. The van der Waals surface area contributed by atoms with Gasteiger partial charge in [-0.1, -0.05) is 6.92 Å². The predicted octanol–water partition coefficient (Wildman–Crippen LogP) is 2.05. The SMILES string of the molecule is CCc1ccc(C(=O)CN(C)CC(=O)N2CCCC2)s1. The zero-order valence-electron chi connectivity index (χ0n) is 12.2.